The fourth-order valence-corrected chi connectivity index (χ4v) is 5.44. The molecule has 10 heteroatoms. The molecule has 2 aliphatic rings. The van der Waals surface area contributed by atoms with Crippen LogP contribution in [0.5, 0.6) is 5.75 Å². The van der Waals surface area contributed by atoms with Crippen LogP contribution in [0.4, 0.5) is 13.2 Å². The standard InChI is InChI=1S/C27H35F3N4O3/c1-17-18(2)25(37-12-4-9-31-10-11-35)8-6-23(17)19(3)33-15-22-13-21(33)16-34(22)26(36)24-7-5-20(14-32-24)27(28,29)30/h5-8,14,19,21-22,31,35H,4,9-13,15-16H2,1-3H3/t19-,21-,22-/m0/s1. The highest BCUT2D eigenvalue weighted by Crippen LogP contribution is 2.39. The average Bonchev–Trinajstić information content (AvgIpc) is 3.49. The van der Waals surface area contributed by atoms with Gasteiger partial charge < -0.3 is 20.1 Å². The largest absolute Gasteiger partial charge is 0.493 e. The number of carbonyl (C=O) groups excluding carboxylic acids is 1. The van der Waals surface area contributed by atoms with Gasteiger partial charge in [-0.3, -0.25) is 14.7 Å². The Morgan fingerprint density at radius 1 is 1.16 bits per heavy atom. The van der Waals surface area contributed by atoms with Crippen LogP contribution in [0, 0.1) is 13.8 Å². The maximum absolute atomic E-state index is 13.0. The average molecular weight is 521 g/mol. The highest BCUT2D eigenvalue weighted by atomic mass is 19.4. The van der Waals surface area contributed by atoms with Crippen LogP contribution in [0.15, 0.2) is 30.5 Å². The van der Waals surface area contributed by atoms with Gasteiger partial charge in [0.2, 0.25) is 0 Å². The van der Waals surface area contributed by atoms with E-state index < -0.39 is 11.7 Å². The summed E-state index contributed by atoms with van der Waals surface area (Å²) in [6.45, 7) is 9.72. The van der Waals surface area contributed by atoms with Gasteiger partial charge in [-0.05, 0) is 75.0 Å². The molecule has 3 atom stereocenters. The maximum Gasteiger partial charge on any atom is 0.417 e. The van der Waals surface area contributed by atoms with Crippen LogP contribution in [0.1, 0.15) is 58.5 Å². The number of aliphatic hydroxyl groups excluding tert-OH is 1. The molecule has 2 aliphatic heterocycles. The lowest BCUT2D eigenvalue weighted by molar-refractivity contribution is -0.137. The molecular formula is C27H35F3N4O3. The second-order valence-corrected chi connectivity index (χ2v) is 9.88. The van der Waals surface area contributed by atoms with Crippen molar-refractivity contribution in [1.29, 1.82) is 0 Å². The van der Waals surface area contributed by atoms with E-state index in [9.17, 15) is 18.0 Å². The zero-order valence-corrected chi connectivity index (χ0v) is 21.5. The van der Waals surface area contributed by atoms with Crippen molar-refractivity contribution in [2.45, 2.75) is 57.9 Å². The zero-order chi connectivity index (χ0) is 26.7. The van der Waals surface area contributed by atoms with Crippen LogP contribution in [0.2, 0.25) is 0 Å². The van der Waals surface area contributed by atoms with Gasteiger partial charge in [0.25, 0.3) is 5.91 Å². The van der Waals surface area contributed by atoms with Gasteiger partial charge in [0.05, 0.1) is 18.8 Å². The van der Waals surface area contributed by atoms with Gasteiger partial charge in [-0.2, -0.15) is 13.2 Å². The molecule has 1 aromatic carbocycles. The summed E-state index contributed by atoms with van der Waals surface area (Å²) in [4.78, 5) is 20.9. The summed E-state index contributed by atoms with van der Waals surface area (Å²) in [7, 11) is 0. The minimum atomic E-state index is -4.48. The normalized spacial score (nSPS) is 20.5. The molecule has 1 amide bonds. The minimum Gasteiger partial charge on any atom is -0.493 e. The lowest BCUT2D eigenvalue weighted by Gasteiger charge is -2.38. The SMILES string of the molecule is Cc1c(OCCCNCCO)ccc([C@H](C)N2C[C@@H]3C[C@H]2CN3C(=O)c2ccc(C(F)(F)F)cn2)c1C. The Balaban J connectivity index is 1.36. The molecule has 0 aliphatic carbocycles. The van der Waals surface area contributed by atoms with Crippen LogP contribution in [0.3, 0.4) is 0 Å². The van der Waals surface area contributed by atoms with E-state index in [1.54, 1.807) is 4.90 Å². The molecule has 202 valence electrons. The maximum atomic E-state index is 13.0. The van der Waals surface area contributed by atoms with E-state index in [2.05, 4.69) is 42.0 Å². The number of hydrogen-bond acceptors (Lipinski definition) is 6. The molecule has 2 saturated heterocycles. The van der Waals surface area contributed by atoms with Crippen LogP contribution < -0.4 is 10.1 Å². The highest BCUT2D eigenvalue weighted by molar-refractivity contribution is 5.93. The number of pyridine rings is 1. The number of alkyl halides is 3. The van der Waals surface area contributed by atoms with Crippen molar-refractivity contribution in [1.82, 2.24) is 20.1 Å². The van der Waals surface area contributed by atoms with E-state index in [0.29, 0.717) is 19.7 Å². The molecule has 2 N–H and O–H groups in total. The molecule has 2 aromatic rings. The molecule has 3 heterocycles. The Labute approximate surface area is 215 Å². The molecule has 7 nitrogen and oxygen atoms in total. The number of piperazine rings is 1. The van der Waals surface area contributed by atoms with Crippen molar-refractivity contribution in [3.63, 3.8) is 0 Å². The number of nitrogens with one attached hydrogen (secondary N) is 1. The number of hydrogen-bond donors (Lipinski definition) is 2. The number of benzene rings is 1. The van der Waals surface area contributed by atoms with Crippen LogP contribution in [-0.2, 0) is 6.18 Å². The number of carbonyl (C=O) groups is 1. The number of halogens is 3. The molecule has 1 aromatic heterocycles. The number of amides is 1. The summed E-state index contributed by atoms with van der Waals surface area (Å²) in [5.41, 5.74) is 2.72. The number of ether oxygens (including phenoxy) is 1. The van der Waals surface area contributed by atoms with Gasteiger partial charge >= 0.3 is 6.18 Å². The number of fused-ring (bicyclic) bond motifs is 2. The van der Waals surface area contributed by atoms with Crippen LogP contribution in [-0.4, -0.2) is 77.3 Å². The first kappa shape index (κ1) is 27.3. The second kappa shape index (κ2) is 11.4. The van der Waals surface area contributed by atoms with Crippen molar-refractivity contribution < 1.29 is 27.8 Å². The number of nitrogens with zero attached hydrogens (tertiary/aromatic N) is 3. The van der Waals surface area contributed by atoms with Gasteiger partial charge in [0, 0.05) is 44.0 Å². The van der Waals surface area contributed by atoms with E-state index in [4.69, 9.17) is 9.84 Å². The van der Waals surface area contributed by atoms with Crippen molar-refractivity contribution in [2.24, 2.45) is 0 Å². The predicted octanol–water partition coefficient (Wildman–Crippen LogP) is 3.73. The Kier molecular flexibility index (Phi) is 8.40. The van der Waals surface area contributed by atoms with E-state index >= 15 is 0 Å². The van der Waals surface area contributed by atoms with Gasteiger partial charge in [0.1, 0.15) is 11.4 Å². The summed E-state index contributed by atoms with van der Waals surface area (Å²) >= 11 is 0. The van der Waals surface area contributed by atoms with Crippen molar-refractivity contribution in [2.75, 3.05) is 39.4 Å². The Bertz CT molecular complexity index is 1090. The predicted molar refractivity (Wildman–Crippen MR) is 134 cm³/mol. The lowest BCUT2D eigenvalue weighted by atomic mass is 9.96. The smallest absolute Gasteiger partial charge is 0.417 e. The summed E-state index contributed by atoms with van der Waals surface area (Å²) in [5, 5.41) is 12.0. The van der Waals surface area contributed by atoms with Gasteiger partial charge in [0.15, 0.2) is 0 Å². The quantitative estimate of drug-likeness (QED) is 0.465. The van der Waals surface area contributed by atoms with Crippen molar-refractivity contribution >= 4 is 5.91 Å². The number of aromatic nitrogens is 1. The van der Waals surface area contributed by atoms with Crippen LogP contribution in [0.25, 0.3) is 0 Å². The van der Waals surface area contributed by atoms with Crippen LogP contribution >= 0.6 is 0 Å². The van der Waals surface area contributed by atoms with Crippen molar-refractivity contribution in [3.8, 4) is 5.75 Å². The Morgan fingerprint density at radius 2 is 1.95 bits per heavy atom. The van der Waals surface area contributed by atoms with Gasteiger partial charge in [-0.25, -0.2) is 0 Å². The molecule has 2 fully saturated rings. The van der Waals surface area contributed by atoms with E-state index in [0.717, 1.165) is 49.5 Å². The molecule has 2 bridgehead atoms. The molecule has 4 rings (SSSR count). The number of rotatable bonds is 10. The first-order valence-corrected chi connectivity index (χ1v) is 12.8. The third kappa shape index (κ3) is 5.91. The second-order valence-electron chi connectivity index (χ2n) is 9.88. The first-order chi connectivity index (χ1) is 17.6. The highest BCUT2D eigenvalue weighted by Gasteiger charge is 2.47. The Morgan fingerprint density at radius 3 is 2.57 bits per heavy atom. The lowest BCUT2D eigenvalue weighted by Crippen LogP contribution is -2.49. The summed E-state index contributed by atoms with van der Waals surface area (Å²) < 4.78 is 44.5. The van der Waals surface area contributed by atoms with E-state index in [-0.39, 0.29) is 36.3 Å². The summed E-state index contributed by atoms with van der Waals surface area (Å²) in [5.74, 6) is 0.563. The molecule has 0 saturated carbocycles. The van der Waals surface area contributed by atoms with E-state index in [1.807, 2.05) is 6.07 Å². The molecule has 0 unspecified atom stereocenters. The third-order valence-electron chi connectivity index (χ3n) is 7.62. The monoisotopic (exact) mass is 520 g/mol. The molecule has 0 radical (unpaired) electrons. The topological polar surface area (TPSA) is 77.9 Å². The fourth-order valence-electron chi connectivity index (χ4n) is 5.44. The fraction of sp³-hybridized carbons (Fsp3) is 0.556. The number of likely N-dealkylation sites (tertiary alicyclic amines) is 2. The zero-order valence-electron chi connectivity index (χ0n) is 21.5. The third-order valence-corrected chi connectivity index (χ3v) is 7.62. The van der Waals surface area contributed by atoms with Crippen molar-refractivity contribution in [3.05, 3.63) is 58.4 Å². The Hall–Kier alpha value is -2.69. The molecular weight excluding hydrogens is 485 g/mol. The molecule has 0 spiro atoms. The van der Waals surface area contributed by atoms with E-state index in [1.165, 1.54) is 17.2 Å². The summed E-state index contributed by atoms with van der Waals surface area (Å²) in [6, 6.07) is 6.59. The van der Waals surface area contributed by atoms with Gasteiger partial charge in [-0.1, -0.05) is 6.07 Å². The number of aliphatic hydroxyl groups is 1. The first-order valence-electron chi connectivity index (χ1n) is 12.8. The minimum absolute atomic E-state index is 0.0208. The summed E-state index contributed by atoms with van der Waals surface area (Å²) in [6.07, 6.45) is -2.05. The molecule has 37 heavy (non-hydrogen) atoms. The van der Waals surface area contributed by atoms with Gasteiger partial charge in [-0.15, -0.1) is 0 Å².